The van der Waals surface area contributed by atoms with Crippen molar-refractivity contribution < 1.29 is 23.9 Å². The van der Waals surface area contributed by atoms with Crippen molar-refractivity contribution in [3.05, 3.63) is 72.1 Å². The van der Waals surface area contributed by atoms with Crippen LogP contribution in [0.25, 0.3) is 22.3 Å². The molecular weight excluding hydrogens is 474 g/mol. The smallest absolute Gasteiger partial charge is 0.295 e. The van der Waals surface area contributed by atoms with Gasteiger partial charge in [-0.2, -0.15) is 0 Å². The van der Waals surface area contributed by atoms with Crippen molar-refractivity contribution in [2.75, 3.05) is 40.4 Å². The number of ketones is 1. The molecule has 1 aliphatic rings. The number of aromatic amines is 1. The highest BCUT2D eigenvalue weighted by atomic mass is 16.5. The molecule has 1 aliphatic heterocycles. The van der Waals surface area contributed by atoms with Crippen LogP contribution in [0, 0.1) is 0 Å². The van der Waals surface area contributed by atoms with Gasteiger partial charge >= 0.3 is 0 Å². The molecule has 2 amide bonds. The summed E-state index contributed by atoms with van der Waals surface area (Å²) in [6.45, 7) is 1.23. The first-order valence-corrected chi connectivity index (χ1v) is 11.7. The number of carbonyl (C=O) groups is 3. The number of methoxy groups -OCH3 is 2. The fourth-order valence-corrected chi connectivity index (χ4v) is 4.44. The quantitative estimate of drug-likeness (QED) is 0.320. The van der Waals surface area contributed by atoms with Crippen LogP contribution >= 0.6 is 0 Å². The summed E-state index contributed by atoms with van der Waals surface area (Å²) in [5, 5.41) is 0.452. The van der Waals surface area contributed by atoms with E-state index in [1.807, 2.05) is 18.2 Å². The molecule has 0 spiro atoms. The zero-order valence-corrected chi connectivity index (χ0v) is 20.4. The number of nitrogens with one attached hydrogen (secondary N) is 1. The third-order valence-electron chi connectivity index (χ3n) is 6.38. The van der Waals surface area contributed by atoms with Gasteiger partial charge in [0.15, 0.2) is 0 Å². The number of ether oxygens (including phenoxy) is 2. The monoisotopic (exact) mass is 499 g/mol. The number of nitrogens with zero attached hydrogens (tertiary/aromatic N) is 4. The summed E-state index contributed by atoms with van der Waals surface area (Å²) in [6, 6.07) is 14.3. The average molecular weight is 500 g/mol. The molecule has 37 heavy (non-hydrogen) atoms. The highest BCUT2D eigenvalue weighted by Gasteiger charge is 2.31. The number of benzene rings is 1. The SMILES string of the molecule is COc1cccc(-c2ncc(OC)c3c(C(=O)C(=O)N4CCN(C(=O)c5ccccc5)CC4)c[nH]c23)n1. The molecule has 0 radical (unpaired) electrons. The van der Waals surface area contributed by atoms with Crippen LogP contribution in [0.2, 0.25) is 0 Å². The number of carbonyl (C=O) groups excluding carboxylic acids is 3. The van der Waals surface area contributed by atoms with Crippen molar-refractivity contribution in [1.29, 1.82) is 0 Å². The Balaban J connectivity index is 1.38. The van der Waals surface area contributed by atoms with Gasteiger partial charge in [-0.25, -0.2) is 9.97 Å². The third kappa shape index (κ3) is 4.49. The molecule has 0 unspecified atom stereocenters. The maximum atomic E-state index is 13.4. The predicted octanol–water partition coefficient (Wildman–Crippen LogP) is 2.81. The van der Waals surface area contributed by atoms with Crippen molar-refractivity contribution in [1.82, 2.24) is 24.8 Å². The summed E-state index contributed by atoms with van der Waals surface area (Å²) in [5.41, 5.74) is 2.34. The van der Waals surface area contributed by atoms with Crippen molar-refractivity contribution in [3.63, 3.8) is 0 Å². The first-order valence-electron chi connectivity index (χ1n) is 11.7. The molecule has 10 heteroatoms. The number of hydrogen-bond donors (Lipinski definition) is 1. The standard InChI is InChI=1S/C27H25N5O5/c1-36-20-16-29-23(19-9-6-10-21(30-19)37-2)24-22(20)18(15-28-24)25(33)27(35)32-13-11-31(12-14-32)26(34)17-7-4-3-5-8-17/h3-10,15-16,28H,11-14H2,1-2H3. The van der Waals surface area contributed by atoms with Crippen LogP contribution in [0.3, 0.4) is 0 Å². The summed E-state index contributed by atoms with van der Waals surface area (Å²) < 4.78 is 10.7. The molecule has 0 bridgehead atoms. The van der Waals surface area contributed by atoms with Crippen LogP contribution in [-0.4, -0.2) is 82.7 Å². The summed E-state index contributed by atoms with van der Waals surface area (Å²) >= 11 is 0. The topological polar surface area (TPSA) is 118 Å². The molecule has 1 N–H and O–H groups in total. The number of H-pyrrole nitrogens is 1. The van der Waals surface area contributed by atoms with Gasteiger partial charge in [0.1, 0.15) is 11.4 Å². The Kier molecular flexibility index (Phi) is 6.55. The lowest BCUT2D eigenvalue weighted by molar-refractivity contribution is -0.127. The third-order valence-corrected chi connectivity index (χ3v) is 6.38. The molecule has 1 aromatic carbocycles. The first-order chi connectivity index (χ1) is 18.0. The van der Waals surface area contributed by atoms with E-state index in [1.165, 1.54) is 31.5 Å². The lowest BCUT2D eigenvalue weighted by Crippen LogP contribution is -2.52. The minimum Gasteiger partial charge on any atom is -0.494 e. The normalized spacial score (nSPS) is 13.5. The van der Waals surface area contributed by atoms with E-state index in [0.29, 0.717) is 52.6 Å². The molecule has 4 aromatic rings. The number of fused-ring (bicyclic) bond motifs is 1. The maximum absolute atomic E-state index is 13.4. The molecule has 1 fully saturated rings. The molecule has 0 aliphatic carbocycles. The van der Waals surface area contributed by atoms with Crippen LogP contribution in [0.15, 0.2) is 60.9 Å². The number of pyridine rings is 2. The Morgan fingerprint density at radius 2 is 1.62 bits per heavy atom. The molecule has 0 saturated carbocycles. The maximum Gasteiger partial charge on any atom is 0.295 e. The van der Waals surface area contributed by atoms with E-state index in [-0.39, 0.29) is 24.6 Å². The number of hydrogen-bond acceptors (Lipinski definition) is 7. The molecule has 10 nitrogen and oxygen atoms in total. The Morgan fingerprint density at radius 3 is 2.32 bits per heavy atom. The number of amides is 2. The summed E-state index contributed by atoms with van der Waals surface area (Å²) in [5.74, 6) is -0.606. The van der Waals surface area contributed by atoms with Gasteiger partial charge in [-0.15, -0.1) is 0 Å². The minimum atomic E-state index is -0.664. The van der Waals surface area contributed by atoms with Gasteiger partial charge in [-0.05, 0) is 18.2 Å². The van der Waals surface area contributed by atoms with Gasteiger partial charge in [0.2, 0.25) is 5.88 Å². The average Bonchev–Trinajstić information content (AvgIpc) is 3.41. The van der Waals surface area contributed by atoms with Crippen LogP contribution in [0.1, 0.15) is 20.7 Å². The van der Waals surface area contributed by atoms with Gasteiger partial charge in [-0.3, -0.25) is 14.4 Å². The first kappa shape index (κ1) is 24.0. The summed E-state index contributed by atoms with van der Waals surface area (Å²) in [7, 11) is 3.00. The molecule has 5 rings (SSSR count). The minimum absolute atomic E-state index is 0.0911. The fraction of sp³-hybridized carbons (Fsp3) is 0.222. The number of Topliss-reactive ketones (excluding diaryl/α,β-unsaturated/α-hetero) is 1. The summed E-state index contributed by atoms with van der Waals surface area (Å²) in [6.07, 6.45) is 3.00. The molecule has 0 atom stereocenters. The predicted molar refractivity (Wildman–Crippen MR) is 136 cm³/mol. The molecule has 1 saturated heterocycles. The molecular formula is C27H25N5O5. The Bertz CT molecular complexity index is 1480. The van der Waals surface area contributed by atoms with Gasteiger partial charge in [0.05, 0.1) is 42.6 Å². The Labute approximate surface area is 212 Å². The van der Waals surface area contributed by atoms with E-state index in [1.54, 1.807) is 35.2 Å². The zero-order valence-electron chi connectivity index (χ0n) is 20.4. The van der Waals surface area contributed by atoms with E-state index in [2.05, 4.69) is 15.0 Å². The van der Waals surface area contributed by atoms with E-state index < -0.39 is 11.7 Å². The van der Waals surface area contributed by atoms with Gasteiger partial charge in [0, 0.05) is 44.0 Å². The second-order valence-corrected chi connectivity index (χ2v) is 8.47. The van der Waals surface area contributed by atoms with E-state index in [0.717, 1.165) is 0 Å². The lowest BCUT2D eigenvalue weighted by Gasteiger charge is -2.34. The fourth-order valence-electron chi connectivity index (χ4n) is 4.44. The second kappa shape index (κ2) is 10.1. The van der Waals surface area contributed by atoms with Gasteiger partial charge in [0.25, 0.3) is 17.6 Å². The van der Waals surface area contributed by atoms with Gasteiger partial charge in [-0.1, -0.05) is 24.3 Å². The van der Waals surface area contributed by atoms with E-state index >= 15 is 0 Å². The number of piperazine rings is 1. The molecule has 3 aromatic heterocycles. The van der Waals surface area contributed by atoms with Crippen LogP contribution < -0.4 is 9.47 Å². The summed E-state index contributed by atoms with van der Waals surface area (Å²) in [4.78, 5) is 54.4. The highest BCUT2D eigenvalue weighted by molar-refractivity contribution is 6.45. The van der Waals surface area contributed by atoms with E-state index in [9.17, 15) is 14.4 Å². The molecule has 188 valence electrons. The Hall–Kier alpha value is -4.73. The lowest BCUT2D eigenvalue weighted by atomic mass is 10.1. The Morgan fingerprint density at radius 1 is 0.892 bits per heavy atom. The van der Waals surface area contributed by atoms with Crippen molar-refractivity contribution in [2.45, 2.75) is 0 Å². The van der Waals surface area contributed by atoms with Gasteiger partial charge < -0.3 is 24.3 Å². The molecule has 4 heterocycles. The highest BCUT2D eigenvalue weighted by Crippen LogP contribution is 2.34. The van der Waals surface area contributed by atoms with Crippen molar-refractivity contribution in [2.24, 2.45) is 0 Å². The largest absolute Gasteiger partial charge is 0.494 e. The number of rotatable bonds is 6. The van der Waals surface area contributed by atoms with E-state index in [4.69, 9.17) is 9.47 Å². The van der Waals surface area contributed by atoms with Crippen molar-refractivity contribution >= 4 is 28.5 Å². The van der Waals surface area contributed by atoms with Crippen LogP contribution in [0.5, 0.6) is 11.6 Å². The second-order valence-electron chi connectivity index (χ2n) is 8.47. The zero-order chi connectivity index (χ0) is 25.9. The van der Waals surface area contributed by atoms with Crippen LogP contribution in [0.4, 0.5) is 0 Å². The van der Waals surface area contributed by atoms with Crippen LogP contribution in [-0.2, 0) is 4.79 Å². The number of aromatic nitrogens is 3. The van der Waals surface area contributed by atoms with Crippen molar-refractivity contribution in [3.8, 4) is 23.0 Å².